The second kappa shape index (κ2) is 4.96. The Balaban J connectivity index is 1.96. The van der Waals surface area contributed by atoms with E-state index >= 15 is 0 Å². The third-order valence-corrected chi connectivity index (χ3v) is 3.36. The van der Waals surface area contributed by atoms with E-state index < -0.39 is 5.60 Å². The molecule has 1 fully saturated rings. The maximum absolute atomic E-state index is 11.9. The van der Waals surface area contributed by atoms with Crippen molar-refractivity contribution in [2.75, 3.05) is 18.9 Å². The molecule has 1 aromatic rings. The van der Waals surface area contributed by atoms with Gasteiger partial charge in [0, 0.05) is 30.8 Å². The summed E-state index contributed by atoms with van der Waals surface area (Å²) in [5.41, 5.74) is 5.67. The highest BCUT2D eigenvalue weighted by Gasteiger charge is 2.39. The van der Waals surface area contributed by atoms with Crippen molar-refractivity contribution in [3.05, 3.63) is 29.8 Å². The molecule has 98 valence electrons. The Kier molecular flexibility index (Phi) is 3.54. The molecule has 2 rings (SSSR count). The van der Waals surface area contributed by atoms with Crippen LogP contribution in [0.2, 0.25) is 0 Å². The lowest BCUT2D eigenvalue weighted by atomic mass is 9.96. The van der Waals surface area contributed by atoms with Crippen LogP contribution >= 0.6 is 0 Å². The van der Waals surface area contributed by atoms with E-state index in [-0.39, 0.29) is 18.6 Å². The molecule has 0 saturated carbocycles. The van der Waals surface area contributed by atoms with Gasteiger partial charge in [0.05, 0.1) is 6.10 Å². The minimum atomic E-state index is -0.976. The summed E-state index contributed by atoms with van der Waals surface area (Å²) < 4.78 is 5.30. The Morgan fingerprint density at radius 2 is 2.44 bits per heavy atom. The van der Waals surface area contributed by atoms with Crippen LogP contribution in [0, 0.1) is 0 Å². The van der Waals surface area contributed by atoms with E-state index in [1.807, 2.05) is 0 Å². The van der Waals surface area contributed by atoms with Gasteiger partial charge in [0.2, 0.25) is 0 Å². The standard InChI is InChI=1S/C13H18N2O3/c1-9-13(17,5-6-18-9)8-15-12(16)10-3-2-4-11(14)7-10/h2-4,7,9,17H,5-6,8,14H2,1H3,(H,15,16). The third kappa shape index (κ3) is 2.63. The summed E-state index contributed by atoms with van der Waals surface area (Å²) in [6.07, 6.45) is 0.268. The number of ether oxygens (including phenoxy) is 1. The average Bonchev–Trinajstić information content (AvgIpc) is 2.67. The zero-order valence-corrected chi connectivity index (χ0v) is 10.3. The van der Waals surface area contributed by atoms with Crippen LogP contribution in [0.15, 0.2) is 24.3 Å². The van der Waals surface area contributed by atoms with Gasteiger partial charge in [-0.15, -0.1) is 0 Å². The van der Waals surface area contributed by atoms with Crippen LogP contribution in [0.1, 0.15) is 23.7 Å². The maximum Gasteiger partial charge on any atom is 0.251 e. The zero-order valence-electron chi connectivity index (χ0n) is 10.3. The number of nitrogen functional groups attached to an aromatic ring is 1. The van der Waals surface area contributed by atoms with Crippen molar-refractivity contribution < 1.29 is 14.6 Å². The molecule has 0 radical (unpaired) electrons. The van der Waals surface area contributed by atoms with E-state index in [2.05, 4.69) is 5.32 Å². The van der Waals surface area contributed by atoms with E-state index in [1.165, 1.54) is 0 Å². The third-order valence-electron chi connectivity index (χ3n) is 3.36. The largest absolute Gasteiger partial charge is 0.399 e. The predicted octanol–water partition coefficient (Wildman–Crippen LogP) is 0.538. The Morgan fingerprint density at radius 3 is 3.06 bits per heavy atom. The average molecular weight is 250 g/mol. The van der Waals surface area contributed by atoms with Crippen molar-refractivity contribution >= 4 is 11.6 Å². The molecular formula is C13H18N2O3. The Morgan fingerprint density at radius 1 is 1.67 bits per heavy atom. The van der Waals surface area contributed by atoms with Crippen molar-refractivity contribution in [3.8, 4) is 0 Å². The molecule has 1 aliphatic rings. The van der Waals surface area contributed by atoms with Gasteiger partial charge < -0.3 is 20.9 Å². The van der Waals surface area contributed by atoms with Crippen LogP contribution in [0.5, 0.6) is 0 Å². The van der Waals surface area contributed by atoms with Gasteiger partial charge in [-0.05, 0) is 25.1 Å². The van der Waals surface area contributed by atoms with E-state index in [1.54, 1.807) is 31.2 Å². The molecular weight excluding hydrogens is 232 g/mol. The van der Waals surface area contributed by atoms with Crippen molar-refractivity contribution in [1.29, 1.82) is 0 Å². The van der Waals surface area contributed by atoms with Gasteiger partial charge >= 0.3 is 0 Å². The first-order valence-electron chi connectivity index (χ1n) is 5.99. The highest BCUT2D eigenvalue weighted by Crippen LogP contribution is 2.24. The minimum absolute atomic E-state index is 0.182. The first-order chi connectivity index (χ1) is 8.51. The van der Waals surface area contributed by atoms with E-state index in [0.29, 0.717) is 24.3 Å². The Labute approximate surface area is 106 Å². The monoisotopic (exact) mass is 250 g/mol. The number of rotatable bonds is 3. The second-order valence-electron chi connectivity index (χ2n) is 4.67. The fourth-order valence-corrected chi connectivity index (χ4v) is 2.02. The lowest BCUT2D eigenvalue weighted by Crippen LogP contribution is -2.47. The molecule has 2 atom stereocenters. The van der Waals surface area contributed by atoms with E-state index in [4.69, 9.17) is 10.5 Å². The van der Waals surface area contributed by atoms with Crippen molar-refractivity contribution in [3.63, 3.8) is 0 Å². The van der Waals surface area contributed by atoms with Crippen LogP contribution in [0.4, 0.5) is 5.69 Å². The molecule has 0 bridgehead atoms. The number of nitrogens with one attached hydrogen (secondary N) is 1. The number of hydrogen-bond donors (Lipinski definition) is 3. The molecule has 2 unspecified atom stereocenters. The fraction of sp³-hybridized carbons (Fsp3) is 0.462. The smallest absolute Gasteiger partial charge is 0.251 e. The summed E-state index contributed by atoms with van der Waals surface area (Å²) in [4.78, 5) is 11.9. The summed E-state index contributed by atoms with van der Waals surface area (Å²) in [5, 5.41) is 13.0. The number of benzene rings is 1. The highest BCUT2D eigenvalue weighted by atomic mass is 16.5. The molecule has 1 amide bonds. The SMILES string of the molecule is CC1OCCC1(O)CNC(=O)c1cccc(N)c1. The first-order valence-corrected chi connectivity index (χ1v) is 5.99. The van der Waals surface area contributed by atoms with Gasteiger partial charge in [-0.1, -0.05) is 6.07 Å². The van der Waals surface area contributed by atoms with E-state index in [0.717, 1.165) is 0 Å². The summed E-state index contributed by atoms with van der Waals surface area (Å²) >= 11 is 0. The molecule has 5 heteroatoms. The normalized spacial score (nSPS) is 27.1. The van der Waals surface area contributed by atoms with Crippen LogP contribution in [-0.2, 0) is 4.74 Å². The molecule has 1 saturated heterocycles. The highest BCUT2D eigenvalue weighted by molar-refractivity contribution is 5.95. The van der Waals surface area contributed by atoms with Gasteiger partial charge in [-0.2, -0.15) is 0 Å². The molecule has 1 heterocycles. The van der Waals surface area contributed by atoms with Crippen LogP contribution in [0.25, 0.3) is 0 Å². The predicted molar refractivity (Wildman–Crippen MR) is 68.2 cm³/mol. The topological polar surface area (TPSA) is 84.6 Å². The number of hydrogen-bond acceptors (Lipinski definition) is 4. The van der Waals surface area contributed by atoms with Gasteiger partial charge in [-0.3, -0.25) is 4.79 Å². The first kappa shape index (κ1) is 12.9. The number of aliphatic hydroxyl groups is 1. The second-order valence-corrected chi connectivity index (χ2v) is 4.67. The lowest BCUT2D eigenvalue weighted by Gasteiger charge is -2.26. The van der Waals surface area contributed by atoms with Crippen LogP contribution in [-0.4, -0.2) is 35.9 Å². The minimum Gasteiger partial charge on any atom is -0.399 e. The Hall–Kier alpha value is -1.59. The number of amides is 1. The number of nitrogens with two attached hydrogens (primary N) is 1. The molecule has 0 aromatic heterocycles. The van der Waals surface area contributed by atoms with Gasteiger partial charge in [0.25, 0.3) is 5.91 Å². The van der Waals surface area contributed by atoms with Gasteiger partial charge in [0.1, 0.15) is 5.60 Å². The lowest BCUT2D eigenvalue weighted by molar-refractivity contribution is -0.0251. The summed E-state index contributed by atoms with van der Waals surface area (Å²) in [7, 11) is 0. The van der Waals surface area contributed by atoms with Crippen molar-refractivity contribution in [2.45, 2.75) is 25.0 Å². The quantitative estimate of drug-likeness (QED) is 0.683. The molecule has 1 aliphatic heterocycles. The number of carbonyl (C=O) groups is 1. The molecule has 5 nitrogen and oxygen atoms in total. The fourth-order valence-electron chi connectivity index (χ4n) is 2.02. The van der Waals surface area contributed by atoms with Crippen molar-refractivity contribution in [1.82, 2.24) is 5.32 Å². The molecule has 4 N–H and O–H groups in total. The van der Waals surface area contributed by atoms with Gasteiger partial charge in [0.15, 0.2) is 0 Å². The maximum atomic E-state index is 11.9. The molecule has 18 heavy (non-hydrogen) atoms. The zero-order chi connectivity index (χ0) is 13.2. The van der Waals surface area contributed by atoms with Crippen LogP contribution < -0.4 is 11.1 Å². The number of anilines is 1. The molecule has 0 spiro atoms. The van der Waals surface area contributed by atoms with Crippen LogP contribution in [0.3, 0.4) is 0 Å². The number of carbonyl (C=O) groups excluding carboxylic acids is 1. The van der Waals surface area contributed by atoms with E-state index in [9.17, 15) is 9.90 Å². The molecule has 0 aliphatic carbocycles. The summed E-state index contributed by atoms with van der Waals surface area (Å²) in [5.74, 6) is -0.241. The van der Waals surface area contributed by atoms with Gasteiger partial charge in [-0.25, -0.2) is 0 Å². The summed E-state index contributed by atoms with van der Waals surface area (Å²) in [6, 6.07) is 6.73. The Bertz CT molecular complexity index is 450. The molecule has 1 aromatic carbocycles. The summed E-state index contributed by atoms with van der Waals surface area (Å²) in [6.45, 7) is 2.51. The van der Waals surface area contributed by atoms with Crippen molar-refractivity contribution in [2.24, 2.45) is 0 Å².